The Morgan fingerprint density at radius 2 is 1.85 bits per heavy atom. The van der Waals surface area contributed by atoms with Crippen molar-refractivity contribution in [3.63, 3.8) is 0 Å². The van der Waals surface area contributed by atoms with E-state index in [0.29, 0.717) is 5.69 Å². The lowest BCUT2D eigenvalue weighted by molar-refractivity contribution is 0.0463. The van der Waals surface area contributed by atoms with Crippen molar-refractivity contribution >= 4 is 16.7 Å². The molecule has 0 fully saturated rings. The summed E-state index contributed by atoms with van der Waals surface area (Å²) < 4.78 is 7.16. The van der Waals surface area contributed by atoms with E-state index in [-0.39, 0.29) is 12.6 Å². The van der Waals surface area contributed by atoms with Gasteiger partial charge in [-0.2, -0.15) is 0 Å². The molecule has 1 aromatic heterocycles. The van der Waals surface area contributed by atoms with Crippen LogP contribution in [0.4, 0.5) is 0 Å². The van der Waals surface area contributed by atoms with Crippen LogP contribution in [0.15, 0.2) is 60.8 Å². The molecular formula is C17H15NO2. The van der Waals surface area contributed by atoms with Gasteiger partial charge in [0.25, 0.3) is 0 Å². The normalized spacial score (nSPS) is 10.7. The lowest BCUT2D eigenvalue weighted by Crippen LogP contribution is -2.09. The van der Waals surface area contributed by atoms with Crippen molar-refractivity contribution in [3.05, 3.63) is 72.1 Å². The van der Waals surface area contributed by atoms with Crippen LogP contribution in [0, 0.1) is 0 Å². The van der Waals surface area contributed by atoms with E-state index in [4.69, 9.17) is 4.74 Å². The summed E-state index contributed by atoms with van der Waals surface area (Å²) in [5, 5.41) is 2.27. The Hall–Kier alpha value is -2.55. The number of ether oxygens (including phenoxy) is 1. The number of nitrogens with zero attached hydrogens (tertiary/aromatic N) is 1. The number of aryl methyl sites for hydroxylation is 1. The van der Waals surface area contributed by atoms with Crippen LogP contribution < -0.4 is 0 Å². The lowest BCUT2D eigenvalue weighted by atomic mass is 10.1. The van der Waals surface area contributed by atoms with Gasteiger partial charge in [0, 0.05) is 13.2 Å². The minimum Gasteiger partial charge on any atom is -0.456 e. The van der Waals surface area contributed by atoms with Gasteiger partial charge in [0.15, 0.2) is 0 Å². The highest BCUT2D eigenvalue weighted by Crippen LogP contribution is 2.19. The number of fused-ring (bicyclic) bond motifs is 1. The van der Waals surface area contributed by atoms with E-state index >= 15 is 0 Å². The van der Waals surface area contributed by atoms with E-state index in [0.717, 1.165) is 16.3 Å². The average molecular weight is 265 g/mol. The third-order valence-corrected chi connectivity index (χ3v) is 3.39. The molecule has 20 heavy (non-hydrogen) atoms. The van der Waals surface area contributed by atoms with Crippen LogP contribution in [-0.4, -0.2) is 10.5 Å². The molecule has 0 N–H and O–H groups in total. The van der Waals surface area contributed by atoms with Crippen LogP contribution in [0.25, 0.3) is 10.8 Å². The maximum Gasteiger partial charge on any atom is 0.355 e. The second kappa shape index (κ2) is 5.21. The fourth-order valence-electron chi connectivity index (χ4n) is 2.31. The van der Waals surface area contributed by atoms with Crippen LogP contribution >= 0.6 is 0 Å². The second-order valence-corrected chi connectivity index (χ2v) is 4.72. The Balaban J connectivity index is 1.81. The topological polar surface area (TPSA) is 31.2 Å². The molecule has 3 rings (SSSR count). The standard InChI is InChI=1S/C17H15NO2/c1-18-11-5-10-16(18)17(19)20-12-14-8-4-7-13-6-2-3-9-15(13)14/h2-11H,12H2,1H3. The molecule has 100 valence electrons. The van der Waals surface area contributed by atoms with E-state index in [1.807, 2.05) is 49.6 Å². The molecule has 0 spiro atoms. The first-order valence-electron chi connectivity index (χ1n) is 6.51. The summed E-state index contributed by atoms with van der Waals surface area (Å²) in [7, 11) is 1.83. The Labute approximate surface area is 117 Å². The molecule has 0 atom stereocenters. The largest absolute Gasteiger partial charge is 0.456 e. The summed E-state index contributed by atoms with van der Waals surface area (Å²) in [5.41, 5.74) is 1.58. The molecule has 3 aromatic rings. The highest BCUT2D eigenvalue weighted by molar-refractivity contribution is 5.88. The zero-order chi connectivity index (χ0) is 13.9. The molecule has 2 aromatic carbocycles. The molecular weight excluding hydrogens is 250 g/mol. The van der Waals surface area contributed by atoms with Gasteiger partial charge in [0.1, 0.15) is 12.3 Å². The van der Waals surface area contributed by atoms with Gasteiger partial charge in [-0.1, -0.05) is 42.5 Å². The minimum absolute atomic E-state index is 0.283. The number of hydrogen-bond acceptors (Lipinski definition) is 2. The van der Waals surface area contributed by atoms with E-state index < -0.39 is 0 Å². The van der Waals surface area contributed by atoms with Crippen molar-refractivity contribution < 1.29 is 9.53 Å². The molecule has 0 radical (unpaired) electrons. The average Bonchev–Trinajstić information content (AvgIpc) is 2.91. The van der Waals surface area contributed by atoms with Gasteiger partial charge in [0.2, 0.25) is 0 Å². The summed E-state index contributed by atoms with van der Waals surface area (Å²) in [6, 6.07) is 17.7. The first-order valence-corrected chi connectivity index (χ1v) is 6.51. The fourth-order valence-corrected chi connectivity index (χ4v) is 2.31. The predicted octanol–water partition coefficient (Wildman–Crippen LogP) is 3.54. The molecule has 3 heteroatoms. The number of carbonyl (C=O) groups is 1. The molecule has 0 saturated carbocycles. The number of benzene rings is 2. The fraction of sp³-hybridized carbons (Fsp3) is 0.118. The first-order chi connectivity index (χ1) is 9.75. The van der Waals surface area contributed by atoms with E-state index in [2.05, 4.69) is 12.1 Å². The van der Waals surface area contributed by atoms with E-state index in [1.165, 1.54) is 0 Å². The van der Waals surface area contributed by atoms with Crippen molar-refractivity contribution in [2.24, 2.45) is 7.05 Å². The van der Waals surface area contributed by atoms with Gasteiger partial charge in [-0.3, -0.25) is 0 Å². The van der Waals surface area contributed by atoms with Gasteiger partial charge in [0.05, 0.1) is 0 Å². The molecule has 0 aliphatic heterocycles. The van der Waals surface area contributed by atoms with Crippen molar-refractivity contribution in [3.8, 4) is 0 Å². The highest BCUT2D eigenvalue weighted by atomic mass is 16.5. The minimum atomic E-state index is -0.301. The number of aromatic nitrogens is 1. The van der Waals surface area contributed by atoms with Gasteiger partial charge in [-0.05, 0) is 28.5 Å². The molecule has 0 unspecified atom stereocenters. The monoisotopic (exact) mass is 265 g/mol. The maximum absolute atomic E-state index is 12.0. The number of carbonyl (C=O) groups excluding carboxylic acids is 1. The van der Waals surface area contributed by atoms with Crippen molar-refractivity contribution in [2.45, 2.75) is 6.61 Å². The van der Waals surface area contributed by atoms with E-state index in [1.54, 1.807) is 10.6 Å². The van der Waals surface area contributed by atoms with Crippen molar-refractivity contribution in [1.82, 2.24) is 4.57 Å². The van der Waals surface area contributed by atoms with Crippen molar-refractivity contribution in [1.29, 1.82) is 0 Å². The molecule has 0 aliphatic rings. The molecule has 0 amide bonds. The first kappa shape index (κ1) is 12.5. The van der Waals surface area contributed by atoms with Gasteiger partial charge >= 0.3 is 5.97 Å². The van der Waals surface area contributed by atoms with E-state index in [9.17, 15) is 4.79 Å². The number of esters is 1. The summed E-state index contributed by atoms with van der Waals surface area (Å²) >= 11 is 0. The Morgan fingerprint density at radius 1 is 1.05 bits per heavy atom. The maximum atomic E-state index is 12.0. The molecule has 0 saturated heterocycles. The smallest absolute Gasteiger partial charge is 0.355 e. The summed E-state index contributed by atoms with van der Waals surface area (Å²) in [6.07, 6.45) is 1.83. The van der Waals surface area contributed by atoms with Gasteiger partial charge < -0.3 is 9.30 Å². The molecule has 1 heterocycles. The Bertz CT molecular complexity index is 753. The van der Waals surface area contributed by atoms with Crippen LogP contribution in [0.5, 0.6) is 0 Å². The van der Waals surface area contributed by atoms with Crippen LogP contribution in [0.3, 0.4) is 0 Å². The zero-order valence-electron chi connectivity index (χ0n) is 11.2. The predicted molar refractivity (Wildman–Crippen MR) is 78.5 cm³/mol. The second-order valence-electron chi connectivity index (χ2n) is 4.72. The quantitative estimate of drug-likeness (QED) is 0.678. The Kier molecular flexibility index (Phi) is 3.25. The lowest BCUT2D eigenvalue weighted by Gasteiger charge is -2.08. The van der Waals surface area contributed by atoms with Crippen molar-refractivity contribution in [2.75, 3.05) is 0 Å². The zero-order valence-corrected chi connectivity index (χ0v) is 11.2. The van der Waals surface area contributed by atoms with Crippen LogP contribution in [-0.2, 0) is 18.4 Å². The SMILES string of the molecule is Cn1cccc1C(=O)OCc1cccc2ccccc12. The van der Waals surface area contributed by atoms with Gasteiger partial charge in [-0.25, -0.2) is 4.79 Å². The number of hydrogen-bond donors (Lipinski definition) is 0. The summed E-state index contributed by atoms with van der Waals surface area (Å²) in [6.45, 7) is 0.283. The number of rotatable bonds is 3. The molecule has 0 aliphatic carbocycles. The van der Waals surface area contributed by atoms with Crippen LogP contribution in [0.2, 0.25) is 0 Å². The summed E-state index contributed by atoms with van der Waals surface area (Å²) in [4.78, 5) is 12.0. The molecule has 0 bridgehead atoms. The van der Waals surface area contributed by atoms with Crippen LogP contribution in [0.1, 0.15) is 16.1 Å². The third kappa shape index (κ3) is 2.30. The Morgan fingerprint density at radius 3 is 2.65 bits per heavy atom. The van der Waals surface area contributed by atoms with Gasteiger partial charge in [-0.15, -0.1) is 0 Å². The summed E-state index contributed by atoms with van der Waals surface area (Å²) in [5.74, 6) is -0.301. The highest BCUT2D eigenvalue weighted by Gasteiger charge is 2.11. The third-order valence-electron chi connectivity index (χ3n) is 3.39. The molecule has 3 nitrogen and oxygen atoms in total.